The van der Waals surface area contributed by atoms with Gasteiger partial charge in [0.15, 0.2) is 18.9 Å². The van der Waals surface area contributed by atoms with Gasteiger partial charge >= 0.3 is 0 Å². The van der Waals surface area contributed by atoms with Gasteiger partial charge < -0.3 is 89.9 Å². The van der Waals surface area contributed by atoms with Crippen LogP contribution >= 0.6 is 0 Å². The predicted octanol–water partition coefficient (Wildman–Crippen LogP) is 8.71. The molecule has 0 radical (unpaired) electrons. The molecule has 3 saturated heterocycles. The van der Waals surface area contributed by atoms with Crippen molar-refractivity contribution < 1.29 is 89.4 Å². The smallest absolute Gasteiger partial charge is 0.220 e. The summed E-state index contributed by atoms with van der Waals surface area (Å²) in [5.41, 5.74) is 0. The summed E-state index contributed by atoms with van der Waals surface area (Å²) in [5, 5.41) is 121. The Balaban J connectivity index is 1.46. The first-order valence-electron chi connectivity index (χ1n) is 34.3. The average molecular weight is 1260 g/mol. The number of hydrogen-bond donors (Lipinski definition) is 12. The number of allylic oxidation sites excluding steroid dienone is 14. The molecule has 12 N–H and O–H groups in total. The molecule has 89 heavy (non-hydrogen) atoms. The van der Waals surface area contributed by atoms with Gasteiger partial charge in [-0.3, -0.25) is 4.79 Å². The van der Waals surface area contributed by atoms with Crippen molar-refractivity contribution >= 4 is 5.91 Å². The van der Waals surface area contributed by atoms with Crippen LogP contribution in [0.2, 0.25) is 0 Å². The van der Waals surface area contributed by atoms with Crippen LogP contribution in [0.4, 0.5) is 0 Å². The molecule has 3 fully saturated rings. The minimum Gasteiger partial charge on any atom is -0.394 e. The maximum absolute atomic E-state index is 13.4. The molecule has 0 bridgehead atoms. The van der Waals surface area contributed by atoms with Crippen LogP contribution in [0.5, 0.6) is 0 Å². The number of carbonyl (C=O) groups excluding carboxylic acids is 1. The number of ether oxygens (including phenoxy) is 6. The van der Waals surface area contributed by atoms with E-state index in [4.69, 9.17) is 28.4 Å². The van der Waals surface area contributed by atoms with Crippen molar-refractivity contribution in [3.63, 3.8) is 0 Å². The summed E-state index contributed by atoms with van der Waals surface area (Å²) in [5.74, 6) is -0.277. The molecule has 0 aromatic heterocycles. The second-order valence-electron chi connectivity index (χ2n) is 24.3. The van der Waals surface area contributed by atoms with Gasteiger partial charge in [0.1, 0.15) is 73.2 Å². The van der Waals surface area contributed by atoms with Gasteiger partial charge in [-0.05, 0) is 70.6 Å². The summed E-state index contributed by atoms with van der Waals surface area (Å²) in [7, 11) is 0. The molecule has 17 atom stereocenters. The van der Waals surface area contributed by atoms with E-state index < -0.39 is 124 Å². The molecule has 0 aliphatic carbocycles. The van der Waals surface area contributed by atoms with E-state index in [1.54, 1.807) is 0 Å². The van der Waals surface area contributed by atoms with Gasteiger partial charge in [-0.15, -0.1) is 0 Å². The van der Waals surface area contributed by atoms with Crippen LogP contribution in [0.15, 0.2) is 85.1 Å². The number of rotatable bonds is 51. The minimum atomic E-state index is -1.98. The van der Waals surface area contributed by atoms with Crippen LogP contribution in [0.25, 0.3) is 0 Å². The highest BCUT2D eigenvalue weighted by atomic mass is 16.8. The number of hydrogen-bond acceptors (Lipinski definition) is 18. The molecule has 3 aliphatic rings. The van der Waals surface area contributed by atoms with Crippen molar-refractivity contribution in [3.8, 4) is 0 Å². The van der Waals surface area contributed by atoms with Gasteiger partial charge in [-0.25, -0.2) is 0 Å². The molecule has 0 aromatic rings. The Labute approximate surface area is 533 Å². The van der Waals surface area contributed by atoms with Gasteiger partial charge in [0.25, 0.3) is 0 Å². The lowest BCUT2D eigenvalue weighted by Gasteiger charge is -2.48. The number of aliphatic hydroxyl groups is 11. The standard InChI is InChI=1S/C70H121NO18/c1-3-5-7-9-11-13-15-17-19-21-23-24-25-26-27-28-30-32-34-36-38-40-42-44-46-48-58(76)71-53(54(75)47-45-43-41-39-37-35-33-31-29-22-20-18-16-14-12-10-8-6-4-2)52-84-68-64(82)61(79)66(56(50-73)86-68)89-70-65(83)62(80)67(57(51-74)87-70)88-69-63(81)60(78)59(77)55(49-72)85-69/h5,7,11,13,17,19,23-24,26-27,30,32,36,38,53-57,59-70,72-75,77-83H,3-4,6,8-10,12,14-16,18,20-22,25,28-29,31,33-35,37,39-52H2,1-2H3,(H,71,76)/b7-5-,13-11-,19-17-,24-23-,27-26-,32-30-,38-36-. The summed E-state index contributed by atoms with van der Waals surface area (Å²) in [6, 6.07) is -0.912. The van der Waals surface area contributed by atoms with E-state index in [1.165, 1.54) is 96.3 Å². The van der Waals surface area contributed by atoms with Crippen molar-refractivity contribution in [1.29, 1.82) is 0 Å². The first-order valence-corrected chi connectivity index (χ1v) is 34.3. The average Bonchev–Trinajstić information content (AvgIpc) is 2.44. The van der Waals surface area contributed by atoms with Crippen molar-refractivity contribution in [1.82, 2.24) is 5.32 Å². The molecule has 1 amide bonds. The molecule has 514 valence electrons. The molecule has 17 unspecified atom stereocenters. The van der Waals surface area contributed by atoms with Crippen molar-refractivity contribution in [2.45, 2.75) is 324 Å². The second kappa shape index (κ2) is 51.4. The van der Waals surface area contributed by atoms with Gasteiger partial charge in [0.05, 0.1) is 38.6 Å². The van der Waals surface area contributed by atoms with E-state index in [-0.39, 0.29) is 18.9 Å². The normalized spacial score (nSPS) is 28.8. The Morgan fingerprint density at radius 1 is 0.416 bits per heavy atom. The monoisotopic (exact) mass is 1260 g/mol. The first kappa shape index (κ1) is 80.2. The summed E-state index contributed by atoms with van der Waals surface area (Å²) in [4.78, 5) is 13.4. The van der Waals surface area contributed by atoms with Crippen molar-refractivity contribution in [2.24, 2.45) is 0 Å². The Kier molecular flexibility index (Phi) is 46.3. The highest BCUT2D eigenvalue weighted by molar-refractivity contribution is 5.76. The third-order valence-electron chi connectivity index (χ3n) is 16.7. The van der Waals surface area contributed by atoms with Crippen molar-refractivity contribution in [2.75, 3.05) is 26.4 Å². The highest BCUT2D eigenvalue weighted by Crippen LogP contribution is 2.33. The molecular weight excluding hydrogens is 1140 g/mol. The lowest BCUT2D eigenvalue weighted by molar-refractivity contribution is -0.379. The second-order valence-corrected chi connectivity index (χ2v) is 24.3. The fraction of sp³-hybridized carbons (Fsp3) is 0.786. The van der Waals surface area contributed by atoms with Gasteiger partial charge in [-0.1, -0.05) is 227 Å². The maximum Gasteiger partial charge on any atom is 0.220 e. The van der Waals surface area contributed by atoms with Gasteiger partial charge in [0.2, 0.25) is 5.91 Å². The third kappa shape index (κ3) is 33.6. The molecule has 19 nitrogen and oxygen atoms in total. The van der Waals surface area contributed by atoms with E-state index >= 15 is 0 Å². The zero-order valence-corrected chi connectivity index (χ0v) is 54.1. The van der Waals surface area contributed by atoms with E-state index in [2.05, 4.69) is 104 Å². The first-order chi connectivity index (χ1) is 43.3. The molecule has 0 aromatic carbocycles. The fourth-order valence-electron chi connectivity index (χ4n) is 11.2. The Bertz CT molecular complexity index is 1940. The van der Waals surface area contributed by atoms with E-state index in [9.17, 15) is 61.0 Å². The van der Waals surface area contributed by atoms with Crippen LogP contribution in [-0.2, 0) is 33.2 Å². The summed E-state index contributed by atoms with van der Waals surface area (Å²) in [6.45, 7) is 1.66. The number of aliphatic hydroxyl groups excluding tert-OH is 11. The number of nitrogens with one attached hydrogen (secondary N) is 1. The Hall–Kier alpha value is -3.03. The lowest BCUT2D eigenvalue weighted by Crippen LogP contribution is -2.66. The minimum absolute atomic E-state index is 0.221. The summed E-state index contributed by atoms with van der Waals surface area (Å²) >= 11 is 0. The molecule has 19 heteroatoms. The van der Waals surface area contributed by atoms with Crippen LogP contribution in [0.3, 0.4) is 0 Å². The molecule has 3 aliphatic heterocycles. The van der Waals surface area contributed by atoms with Crippen LogP contribution in [0.1, 0.15) is 219 Å². The molecule has 0 saturated carbocycles. The Morgan fingerprint density at radius 3 is 1.20 bits per heavy atom. The van der Waals surface area contributed by atoms with Gasteiger partial charge in [-0.2, -0.15) is 0 Å². The molecule has 3 rings (SSSR count). The largest absolute Gasteiger partial charge is 0.394 e. The van der Waals surface area contributed by atoms with Crippen LogP contribution in [-0.4, -0.2) is 193 Å². The SMILES string of the molecule is CC/C=C\C/C=C\C/C=C\C/C=C\C/C=C\C/C=C\C/C=C\CCCCCC(=O)NC(COC1OC(CO)C(OC2OC(CO)C(OC3OC(CO)C(O)C(O)C3O)C(O)C2O)C(O)C1O)C(O)CCCCCCCCCCCCCCCCCCCCC. The zero-order valence-electron chi connectivity index (χ0n) is 54.1. The maximum atomic E-state index is 13.4. The van der Waals surface area contributed by atoms with Crippen LogP contribution in [0, 0.1) is 0 Å². The highest BCUT2D eigenvalue weighted by Gasteiger charge is 2.53. The van der Waals surface area contributed by atoms with Crippen molar-refractivity contribution in [3.05, 3.63) is 85.1 Å². The molecular formula is C70H121NO18. The van der Waals surface area contributed by atoms with E-state index in [0.717, 1.165) is 83.5 Å². The number of unbranched alkanes of at least 4 members (excludes halogenated alkanes) is 21. The molecule has 0 spiro atoms. The van der Waals surface area contributed by atoms with Crippen LogP contribution < -0.4 is 5.32 Å². The topological polar surface area (TPSA) is 307 Å². The number of carbonyl (C=O) groups is 1. The zero-order chi connectivity index (χ0) is 64.7. The van der Waals surface area contributed by atoms with Gasteiger partial charge in [0, 0.05) is 6.42 Å². The number of amides is 1. The predicted molar refractivity (Wildman–Crippen MR) is 346 cm³/mol. The fourth-order valence-corrected chi connectivity index (χ4v) is 11.2. The summed E-state index contributed by atoms with van der Waals surface area (Å²) in [6.07, 6.45) is 37.9. The Morgan fingerprint density at radius 2 is 0.775 bits per heavy atom. The quantitative estimate of drug-likeness (QED) is 0.0200. The van der Waals surface area contributed by atoms with E-state index in [0.29, 0.717) is 19.3 Å². The summed E-state index contributed by atoms with van der Waals surface area (Å²) < 4.78 is 34.4. The molecule has 3 heterocycles. The van der Waals surface area contributed by atoms with E-state index in [1.807, 2.05) is 0 Å². The lowest BCUT2D eigenvalue weighted by atomic mass is 9.96. The third-order valence-corrected chi connectivity index (χ3v) is 16.7.